The molecule has 0 radical (unpaired) electrons. The summed E-state index contributed by atoms with van der Waals surface area (Å²) in [4.78, 5) is 4.94. The summed E-state index contributed by atoms with van der Waals surface area (Å²) in [5, 5.41) is 10.0. The molecular weight excluding hydrogens is 1170 g/mol. The molecule has 0 atom stereocenters. The second-order valence-corrected chi connectivity index (χ2v) is 27.6. The summed E-state index contributed by atoms with van der Waals surface area (Å²) >= 11 is 0. The lowest BCUT2D eigenvalue weighted by atomic mass is 9.69. The van der Waals surface area contributed by atoms with Gasteiger partial charge < -0.3 is 9.80 Å². The number of para-hydroxylation sites is 2. The Kier molecular flexibility index (Phi) is 11.8. The number of hydrogen-bond acceptors (Lipinski definition) is 2. The minimum atomic E-state index is -0.569. The fraction of sp³-hybridized carbons (Fsp3) is 0.0737. The molecule has 0 aromatic heterocycles. The van der Waals surface area contributed by atoms with Gasteiger partial charge in [-0.25, -0.2) is 0 Å². The number of aryl methyl sites for hydroxylation is 3. The molecular formula is C95H66N2. The van der Waals surface area contributed by atoms with Gasteiger partial charge in [-0.15, -0.1) is 0 Å². The molecule has 0 heterocycles. The van der Waals surface area contributed by atoms with Gasteiger partial charge >= 0.3 is 0 Å². The fourth-order valence-electron chi connectivity index (χ4n) is 18.6. The molecule has 0 saturated heterocycles. The quantitative estimate of drug-likeness (QED) is 0.157. The molecule has 16 aromatic carbocycles. The summed E-state index contributed by atoms with van der Waals surface area (Å²) in [7, 11) is 0. The van der Waals surface area contributed by atoms with Gasteiger partial charge in [0.15, 0.2) is 0 Å². The van der Waals surface area contributed by atoms with E-state index in [1.54, 1.807) is 0 Å². The van der Waals surface area contributed by atoms with Crippen LogP contribution in [0.25, 0.3) is 98.7 Å². The Bertz CT molecular complexity index is 5970. The average Bonchev–Trinajstić information content (AvgIpc) is 1.51. The molecule has 0 amide bonds. The topological polar surface area (TPSA) is 6.48 Å². The van der Waals surface area contributed by atoms with Crippen LogP contribution in [0.15, 0.2) is 309 Å². The van der Waals surface area contributed by atoms with E-state index >= 15 is 0 Å². The van der Waals surface area contributed by atoms with E-state index in [-0.39, 0.29) is 0 Å². The number of hydrogen-bond donors (Lipinski definition) is 0. The standard InChI is InChI=1S/C95H66N2/c1-57-51-82(61(5)89(52-57)97(66-26-10-7-11-27-66)68-43-47-72-64(56-68)39-44-80-90-70-28-13-12-23-62(70)41-49-87(90)94(92(72)80)83-35-18-14-29-75(83)76-30-15-19-36-84(76)94)73-33-22-34-79-74(73)48-50-88-91(79)81-45-40-63-55-67(96(65-24-8-6-9-25-65)69-53-58(2)60(4)59(3)54-69)42-46-71(63)93(81)95(88)85-37-20-16-31-77(85)78-32-17-21-38-86(78)95/h6-56H,1-5H3. The zero-order valence-electron chi connectivity index (χ0n) is 54.8. The second-order valence-electron chi connectivity index (χ2n) is 27.6. The molecule has 20 rings (SSSR count). The van der Waals surface area contributed by atoms with Crippen LogP contribution in [0.1, 0.15) is 72.3 Å². The van der Waals surface area contributed by atoms with E-state index in [9.17, 15) is 0 Å². The first-order valence-electron chi connectivity index (χ1n) is 34.2. The molecule has 0 N–H and O–H groups in total. The molecule has 0 bridgehead atoms. The summed E-state index contributed by atoms with van der Waals surface area (Å²) in [6, 6.07) is 118. The minimum absolute atomic E-state index is 0.499. The Morgan fingerprint density at radius 1 is 0.227 bits per heavy atom. The SMILES string of the molecule is Cc1cc(-c2cccc3c4c(ccc23)C2(c3ccccc3-c3ccccc32)c2c-4ccc3cc(N(c4ccccc4)c4cc(C)c(C)c(C)c4)ccc23)c(C)c(N(c2ccccc2)c2ccc3c4c(ccc3c2)-c2c(ccc3ccccc23)C42c3ccccc3-c3ccccc32)c1. The van der Waals surface area contributed by atoms with Gasteiger partial charge in [-0.05, 0) is 272 Å². The van der Waals surface area contributed by atoms with Gasteiger partial charge in [0.1, 0.15) is 0 Å². The third-order valence-corrected chi connectivity index (χ3v) is 22.8. The molecule has 0 saturated carbocycles. The number of anilines is 6. The Morgan fingerprint density at radius 2 is 0.660 bits per heavy atom. The molecule has 2 spiro atoms. The third-order valence-electron chi connectivity index (χ3n) is 22.8. The Balaban J connectivity index is 0.772. The largest absolute Gasteiger partial charge is 0.310 e. The zero-order valence-corrected chi connectivity index (χ0v) is 54.8. The van der Waals surface area contributed by atoms with Crippen LogP contribution in [0.2, 0.25) is 0 Å². The molecule has 4 aliphatic rings. The van der Waals surface area contributed by atoms with Crippen LogP contribution in [0.5, 0.6) is 0 Å². The summed E-state index contributed by atoms with van der Waals surface area (Å²) < 4.78 is 0. The van der Waals surface area contributed by atoms with E-state index in [4.69, 9.17) is 0 Å². The van der Waals surface area contributed by atoms with Crippen LogP contribution in [-0.2, 0) is 10.8 Å². The number of benzene rings is 16. The van der Waals surface area contributed by atoms with Crippen molar-refractivity contribution in [1.29, 1.82) is 0 Å². The summed E-state index contributed by atoms with van der Waals surface area (Å²) in [5.74, 6) is 0. The fourth-order valence-corrected chi connectivity index (χ4v) is 18.6. The number of fused-ring (bicyclic) bond motifs is 28. The van der Waals surface area contributed by atoms with Crippen molar-refractivity contribution in [1.82, 2.24) is 0 Å². The van der Waals surface area contributed by atoms with E-state index in [1.807, 2.05) is 0 Å². The van der Waals surface area contributed by atoms with Crippen molar-refractivity contribution in [3.8, 4) is 55.6 Å². The normalized spacial score (nSPS) is 13.6. The third kappa shape index (κ3) is 7.50. The molecule has 0 aliphatic heterocycles. The second kappa shape index (κ2) is 20.6. The molecule has 456 valence electrons. The van der Waals surface area contributed by atoms with E-state index in [1.165, 1.54) is 171 Å². The molecule has 16 aromatic rings. The maximum Gasteiger partial charge on any atom is 0.0731 e. The van der Waals surface area contributed by atoms with Crippen LogP contribution >= 0.6 is 0 Å². The molecule has 4 aliphatic carbocycles. The Hall–Kier alpha value is -11.8. The number of nitrogens with zero attached hydrogens (tertiary/aromatic N) is 2. The summed E-state index contributed by atoms with van der Waals surface area (Å²) in [6.45, 7) is 11.3. The van der Waals surface area contributed by atoms with Crippen molar-refractivity contribution < 1.29 is 0 Å². The van der Waals surface area contributed by atoms with Gasteiger partial charge in [0.05, 0.1) is 10.8 Å². The maximum absolute atomic E-state index is 2.51. The van der Waals surface area contributed by atoms with Crippen molar-refractivity contribution in [3.05, 3.63) is 382 Å². The van der Waals surface area contributed by atoms with Crippen LogP contribution in [0.4, 0.5) is 34.1 Å². The highest BCUT2D eigenvalue weighted by atomic mass is 15.1. The molecule has 97 heavy (non-hydrogen) atoms. The highest BCUT2D eigenvalue weighted by molar-refractivity contribution is 6.15. The highest BCUT2D eigenvalue weighted by Gasteiger charge is 2.54. The molecule has 0 unspecified atom stereocenters. The zero-order chi connectivity index (χ0) is 64.6. The van der Waals surface area contributed by atoms with Crippen molar-refractivity contribution >= 4 is 77.2 Å². The average molecular weight is 1240 g/mol. The lowest BCUT2D eigenvalue weighted by Crippen LogP contribution is -2.26. The maximum atomic E-state index is 2.51. The molecule has 0 fully saturated rings. The van der Waals surface area contributed by atoms with Gasteiger partial charge in [-0.2, -0.15) is 0 Å². The first-order chi connectivity index (χ1) is 47.7. The smallest absolute Gasteiger partial charge is 0.0731 e. The highest BCUT2D eigenvalue weighted by Crippen LogP contribution is 2.67. The van der Waals surface area contributed by atoms with Gasteiger partial charge in [-0.3, -0.25) is 0 Å². The van der Waals surface area contributed by atoms with Crippen molar-refractivity contribution in [2.24, 2.45) is 0 Å². The van der Waals surface area contributed by atoms with E-state index < -0.39 is 10.8 Å². The van der Waals surface area contributed by atoms with Crippen LogP contribution in [0, 0.1) is 34.6 Å². The van der Waals surface area contributed by atoms with Gasteiger partial charge in [0, 0.05) is 34.1 Å². The number of rotatable bonds is 7. The first-order valence-corrected chi connectivity index (χ1v) is 34.2. The van der Waals surface area contributed by atoms with E-state index in [0.717, 1.165) is 34.1 Å². The van der Waals surface area contributed by atoms with Gasteiger partial charge in [0.25, 0.3) is 0 Å². The lowest BCUT2D eigenvalue weighted by Gasteiger charge is -2.32. The minimum Gasteiger partial charge on any atom is -0.310 e. The van der Waals surface area contributed by atoms with E-state index in [0.29, 0.717) is 0 Å². The van der Waals surface area contributed by atoms with Gasteiger partial charge in [-0.1, -0.05) is 243 Å². The predicted octanol–water partition coefficient (Wildman–Crippen LogP) is 25.1. The molecule has 2 heteroatoms. The first kappa shape index (κ1) is 55.6. The Labute approximate surface area is 566 Å². The molecule has 2 nitrogen and oxygen atoms in total. The van der Waals surface area contributed by atoms with E-state index in [2.05, 4.69) is 354 Å². The van der Waals surface area contributed by atoms with Crippen molar-refractivity contribution in [2.45, 2.75) is 45.4 Å². The van der Waals surface area contributed by atoms with Crippen LogP contribution < -0.4 is 9.80 Å². The lowest BCUT2D eigenvalue weighted by molar-refractivity contribution is 0.802. The predicted molar refractivity (Wildman–Crippen MR) is 408 cm³/mol. The van der Waals surface area contributed by atoms with Gasteiger partial charge in [0.2, 0.25) is 0 Å². The summed E-state index contributed by atoms with van der Waals surface area (Å²) in [5.41, 5.74) is 35.8. The Morgan fingerprint density at radius 3 is 1.22 bits per heavy atom. The van der Waals surface area contributed by atoms with Crippen molar-refractivity contribution in [2.75, 3.05) is 9.80 Å². The van der Waals surface area contributed by atoms with Crippen LogP contribution in [0.3, 0.4) is 0 Å². The van der Waals surface area contributed by atoms with Crippen LogP contribution in [-0.4, -0.2) is 0 Å². The summed E-state index contributed by atoms with van der Waals surface area (Å²) in [6.07, 6.45) is 0. The van der Waals surface area contributed by atoms with Crippen molar-refractivity contribution in [3.63, 3.8) is 0 Å². The monoisotopic (exact) mass is 1230 g/mol.